The van der Waals surface area contributed by atoms with Crippen molar-refractivity contribution in [1.82, 2.24) is 0 Å². The fourth-order valence-corrected chi connectivity index (χ4v) is 4.49. The van der Waals surface area contributed by atoms with Crippen LogP contribution in [0.4, 0.5) is 5.69 Å². The number of rotatable bonds is 6. The fourth-order valence-electron chi connectivity index (χ4n) is 4.30. The fraction of sp³-hybridized carbons (Fsp3) is 0.107. The highest BCUT2D eigenvalue weighted by Gasteiger charge is 2.45. The SMILES string of the molecule is COc1ccc(N2C(=O)C(O)=C(C(=O)c3cc4cc(Cl)ccc4o3)C2c2ccc(OC(C)=O)cc2)cc1. The van der Waals surface area contributed by atoms with Gasteiger partial charge in [0.25, 0.3) is 5.91 Å². The average molecular weight is 518 g/mol. The molecule has 186 valence electrons. The summed E-state index contributed by atoms with van der Waals surface area (Å²) in [6, 6.07) is 18.4. The number of benzene rings is 3. The Balaban J connectivity index is 1.62. The lowest BCUT2D eigenvalue weighted by Gasteiger charge is -2.27. The van der Waals surface area contributed by atoms with Gasteiger partial charge in [0, 0.05) is 23.0 Å². The zero-order chi connectivity index (χ0) is 26.3. The van der Waals surface area contributed by atoms with Crippen LogP contribution in [0, 0.1) is 0 Å². The molecule has 0 spiro atoms. The lowest BCUT2D eigenvalue weighted by Crippen LogP contribution is -2.31. The first-order valence-electron chi connectivity index (χ1n) is 11.2. The van der Waals surface area contributed by atoms with Gasteiger partial charge in [0.05, 0.1) is 18.7 Å². The monoisotopic (exact) mass is 517 g/mol. The van der Waals surface area contributed by atoms with E-state index in [0.717, 1.165) is 0 Å². The lowest BCUT2D eigenvalue weighted by atomic mass is 9.94. The van der Waals surface area contributed by atoms with Crippen molar-refractivity contribution in [2.24, 2.45) is 0 Å². The molecular formula is C28H20ClNO7. The summed E-state index contributed by atoms with van der Waals surface area (Å²) in [6.45, 7) is 1.28. The van der Waals surface area contributed by atoms with Crippen molar-refractivity contribution in [3.8, 4) is 11.5 Å². The average Bonchev–Trinajstić information content (AvgIpc) is 3.42. The largest absolute Gasteiger partial charge is 0.503 e. The van der Waals surface area contributed by atoms with Crippen molar-refractivity contribution < 1.29 is 33.4 Å². The molecule has 4 aromatic rings. The van der Waals surface area contributed by atoms with Gasteiger partial charge in [-0.1, -0.05) is 23.7 Å². The normalized spacial score (nSPS) is 15.4. The first kappa shape index (κ1) is 24.1. The topological polar surface area (TPSA) is 106 Å². The summed E-state index contributed by atoms with van der Waals surface area (Å²) in [5.41, 5.74) is 1.23. The Labute approximate surface area is 216 Å². The second-order valence-corrected chi connectivity index (χ2v) is 8.76. The van der Waals surface area contributed by atoms with Crippen LogP contribution >= 0.6 is 11.6 Å². The zero-order valence-electron chi connectivity index (χ0n) is 19.7. The van der Waals surface area contributed by atoms with Crippen LogP contribution in [0.15, 0.2) is 88.5 Å². The van der Waals surface area contributed by atoms with Crippen molar-refractivity contribution in [3.63, 3.8) is 0 Å². The first-order valence-corrected chi connectivity index (χ1v) is 11.6. The molecular weight excluding hydrogens is 498 g/mol. The van der Waals surface area contributed by atoms with Crippen LogP contribution in [-0.2, 0) is 9.59 Å². The van der Waals surface area contributed by atoms with Crippen molar-refractivity contribution in [2.75, 3.05) is 12.0 Å². The minimum atomic E-state index is -0.989. The van der Waals surface area contributed by atoms with E-state index in [2.05, 4.69) is 0 Å². The van der Waals surface area contributed by atoms with E-state index in [0.29, 0.717) is 38.7 Å². The van der Waals surface area contributed by atoms with Crippen LogP contribution < -0.4 is 14.4 Å². The van der Waals surface area contributed by atoms with Gasteiger partial charge in [-0.15, -0.1) is 0 Å². The van der Waals surface area contributed by atoms with E-state index < -0.39 is 29.5 Å². The number of nitrogens with zero attached hydrogens (tertiary/aromatic N) is 1. The summed E-state index contributed by atoms with van der Waals surface area (Å²) in [4.78, 5) is 39.7. The molecule has 3 aromatic carbocycles. The second-order valence-electron chi connectivity index (χ2n) is 8.32. The number of carbonyl (C=O) groups is 3. The van der Waals surface area contributed by atoms with Gasteiger partial charge in [-0.25, -0.2) is 0 Å². The molecule has 37 heavy (non-hydrogen) atoms. The Morgan fingerprint density at radius 1 is 0.973 bits per heavy atom. The number of methoxy groups -OCH3 is 1. The quantitative estimate of drug-likeness (QED) is 0.195. The number of carbonyl (C=O) groups excluding carboxylic acids is 3. The van der Waals surface area contributed by atoms with Crippen LogP contribution in [0.3, 0.4) is 0 Å². The van der Waals surface area contributed by atoms with Gasteiger partial charge in [0.2, 0.25) is 5.78 Å². The predicted molar refractivity (Wildman–Crippen MR) is 136 cm³/mol. The van der Waals surface area contributed by atoms with Gasteiger partial charge in [0.1, 0.15) is 17.1 Å². The van der Waals surface area contributed by atoms with Crippen LogP contribution in [0.2, 0.25) is 5.02 Å². The third-order valence-electron chi connectivity index (χ3n) is 5.96. The highest BCUT2D eigenvalue weighted by molar-refractivity contribution is 6.31. The molecule has 0 aliphatic carbocycles. The Kier molecular flexibility index (Phi) is 6.19. The first-order chi connectivity index (χ1) is 17.8. The maximum absolute atomic E-state index is 13.7. The second kappa shape index (κ2) is 9.48. The molecule has 1 aromatic heterocycles. The van der Waals surface area contributed by atoms with Crippen molar-refractivity contribution >= 4 is 45.9 Å². The van der Waals surface area contributed by atoms with Gasteiger partial charge in [0.15, 0.2) is 11.5 Å². The highest BCUT2D eigenvalue weighted by atomic mass is 35.5. The summed E-state index contributed by atoms with van der Waals surface area (Å²) in [7, 11) is 1.52. The number of aliphatic hydroxyl groups excluding tert-OH is 1. The number of halogens is 1. The lowest BCUT2D eigenvalue weighted by molar-refractivity contribution is -0.131. The van der Waals surface area contributed by atoms with Gasteiger partial charge in [-0.3, -0.25) is 19.3 Å². The number of aliphatic hydroxyl groups is 1. The standard InChI is InChI=1S/C28H20ClNO7/c1-15(31)36-21-8-3-16(4-9-21)25-24(26(32)23-14-17-13-18(29)5-12-22(17)37-23)27(33)28(34)30(25)19-6-10-20(35-2)11-7-19/h3-14,25,33H,1-2H3. The molecule has 0 saturated carbocycles. The third kappa shape index (κ3) is 4.43. The summed E-state index contributed by atoms with van der Waals surface area (Å²) in [5.74, 6) is -1.75. The van der Waals surface area contributed by atoms with E-state index in [4.69, 9.17) is 25.5 Å². The Hall–Kier alpha value is -4.56. The summed E-state index contributed by atoms with van der Waals surface area (Å²) < 4.78 is 16.1. The van der Waals surface area contributed by atoms with Gasteiger partial charge >= 0.3 is 5.97 Å². The number of furan rings is 1. The van der Waals surface area contributed by atoms with Crippen LogP contribution in [0.1, 0.15) is 29.1 Å². The zero-order valence-corrected chi connectivity index (χ0v) is 20.5. The number of Topliss-reactive ketones (excluding diaryl/α,β-unsaturated/α-hetero) is 1. The van der Waals surface area contributed by atoms with E-state index >= 15 is 0 Å². The number of hydrogen-bond donors (Lipinski definition) is 1. The van der Waals surface area contributed by atoms with Crippen molar-refractivity contribution in [3.05, 3.63) is 100 Å². The molecule has 1 aliphatic heterocycles. The minimum absolute atomic E-state index is 0.0512. The predicted octanol–water partition coefficient (Wildman–Crippen LogP) is 5.80. The molecule has 1 amide bonds. The van der Waals surface area contributed by atoms with E-state index in [9.17, 15) is 19.5 Å². The molecule has 0 saturated heterocycles. The van der Waals surface area contributed by atoms with E-state index in [1.807, 2.05) is 0 Å². The molecule has 2 heterocycles. The number of hydrogen-bond acceptors (Lipinski definition) is 7. The Morgan fingerprint density at radius 2 is 1.65 bits per heavy atom. The molecule has 8 nitrogen and oxygen atoms in total. The van der Waals surface area contributed by atoms with Crippen molar-refractivity contribution in [1.29, 1.82) is 0 Å². The smallest absolute Gasteiger partial charge is 0.308 e. The number of fused-ring (bicyclic) bond motifs is 1. The molecule has 1 unspecified atom stereocenters. The van der Waals surface area contributed by atoms with E-state index in [-0.39, 0.29) is 11.3 Å². The number of amides is 1. The van der Waals surface area contributed by atoms with Gasteiger partial charge < -0.3 is 19.0 Å². The number of ketones is 1. The maximum Gasteiger partial charge on any atom is 0.308 e. The molecule has 9 heteroatoms. The number of ether oxygens (including phenoxy) is 2. The Morgan fingerprint density at radius 3 is 2.30 bits per heavy atom. The molecule has 1 aliphatic rings. The van der Waals surface area contributed by atoms with Crippen molar-refractivity contribution in [2.45, 2.75) is 13.0 Å². The summed E-state index contributed by atoms with van der Waals surface area (Å²) in [5, 5.41) is 12.0. The van der Waals surface area contributed by atoms with Crippen LogP contribution in [-0.4, -0.2) is 29.9 Å². The number of anilines is 1. The molecule has 0 bridgehead atoms. The Bertz CT molecular complexity index is 1570. The third-order valence-corrected chi connectivity index (χ3v) is 6.20. The van der Waals surface area contributed by atoms with Gasteiger partial charge in [-0.2, -0.15) is 0 Å². The highest BCUT2D eigenvalue weighted by Crippen LogP contribution is 2.43. The molecule has 1 atom stereocenters. The molecule has 1 N–H and O–H groups in total. The van der Waals surface area contributed by atoms with E-state index in [1.165, 1.54) is 25.0 Å². The molecule has 5 rings (SSSR count). The number of esters is 1. The van der Waals surface area contributed by atoms with E-state index in [1.54, 1.807) is 66.7 Å². The van der Waals surface area contributed by atoms with Gasteiger partial charge in [-0.05, 0) is 66.2 Å². The molecule has 0 radical (unpaired) electrons. The van der Waals surface area contributed by atoms with Crippen LogP contribution in [0.25, 0.3) is 11.0 Å². The van der Waals surface area contributed by atoms with Crippen LogP contribution in [0.5, 0.6) is 11.5 Å². The minimum Gasteiger partial charge on any atom is -0.503 e. The summed E-state index contributed by atoms with van der Waals surface area (Å²) in [6.07, 6.45) is 0. The summed E-state index contributed by atoms with van der Waals surface area (Å²) >= 11 is 6.07. The molecule has 0 fully saturated rings. The maximum atomic E-state index is 13.7.